The van der Waals surface area contributed by atoms with Crippen molar-refractivity contribution in [1.29, 1.82) is 0 Å². The number of hydrogen-bond donors (Lipinski definition) is 0. The predicted octanol–water partition coefficient (Wildman–Crippen LogP) is 5.14. The summed E-state index contributed by atoms with van der Waals surface area (Å²) in [5.41, 5.74) is 3.94. The number of carbonyl (C=O) groups is 1. The van der Waals surface area contributed by atoms with Crippen molar-refractivity contribution in [3.8, 4) is 5.69 Å². The number of ketones is 1. The van der Waals surface area contributed by atoms with Crippen molar-refractivity contribution in [1.82, 2.24) is 19.7 Å². The van der Waals surface area contributed by atoms with Crippen molar-refractivity contribution in [2.75, 3.05) is 19.8 Å². The second kappa shape index (κ2) is 9.11. The number of Topliss-reactive ketones (excluding diaryl/α,β-unsaturated/α-hetero) is 1. The van der Waals surface area contributed by atoms with E-state index in [0.29, 0.717) is 15.9 Å². The molecular weight excluding hydrogens is 404 g/mol. The van der Waals surface area contributed by atoms with E-state index in [-0.39, 0.29) is 11.8 Å². The first-order chi connectivity index (χ1) is 13.8. The molecule has 0 amide bonds. The van der Waals surface area contributed by atoms with Gasteiger partial charge in [-0.1, -0.05) is 35.5 Å². The molecule has 1 atom stereocenters. The number of aryl methyl sites for hydroxylation is 2. The van der Waals surface area contributed by atoms with E-state index >= 15 is 0 Å². The van der Waals surface area contributed by atoms with Gasteiger partial charge in [0.05, 0.1) is 11.8 Å². The lowest BCUT2D eigenvalue weighted by Crippen LogP contribution is -2.20. The zero-order valence-corrected chi connectivity index (χ0v) is 18.9. The van der Waals surface area contributed by atoms with E-state index in [9.17, 15) is 4.79 Å². The third-order valence-corrected chi connectivity index (χ3v) is 6.23. The number of nitrogens with zero attached hydrogens (tertiary/aromatic N) is 4. The fourth-order valence-electron chi connectivity index (χ4n) is 2.84. The fraction of sp³-hybridized carbons (Fsp3) is 0.318. The number of benzene rings is 2. The molecule has 1 aromatic heterocycles. The number of aromatic nitrogens is 3. The van der Waals surface area contributed by atoms with Gasteiger partial charge in [-0.3, -0.25) is 14.3 Å². The van der Waals surface area contributed by atoms with Gasteiger partial charge in [0, 0.05) is 16.3 Å². The van der Waals surface area contributed by atoms with E-state index in [0.717, 1.165) is 22.6 Å². The molecule has 0 saturated carbocycles. The summed E-state index contributed by atoms with van der Waals surface area (Å²) in [6.45, 7) is 6.14. The van der Waals surface area contributed by atoms with Crippen LogP contribution in [0.2, 0.25) is 5.02 Å². The highest BCUT2D eigenvalue weighted by molar-refractivity contribution is 7.99. The molecule has 7 heteroatoms. The van der Waals surface area contributed by atoms with E-state index < -0.39 is 0 Å². The Morgan fingerprint density at radius 2 is 1.79 bits per heavy atom. The van der Waals surface area contributed by atoms with E-state index in [1.54, 1.807) is 0 Å². The van der Waals surface area contributed by atoms with Gasteiger partial charge in [0.15, 0.2) is 16.8 Å². The van der Waals surface area contributed by atoms with Crippen molar-refractivity contribution in [3.63, 3.8) is 0 Å². The Morgan fingerprint density at radius 3 is 2.41 bits per heavy atom. The number of halogens is 1. The van der Waals surface area contributed by atoms with Crippen molar-refractivity contribution < 1.29 is 4.79 Å². The van der Waals surface area contributed by atoms with Gasteiger partial charge in [-0.15, -0.1) is 10.2 Å². The minimum atomic E-state index is 0.0583. The minimum absolute atomic E-state index is 0.0583. The lowest BCUT2D eigenvalue weighted by atomic mass is 10.0. The molecule has 0 aliphatic carbocycles. The van der Waals surface area contributed by atoms with Gasteiger partial charge in [0.25, 0.3) is 0 Å². The molecule has 0 aliphatic heterocycles. The molecule has 0 bridgehead atoms. The second-order valence-corrected chi connectivity index (χ2v) is 8.68. The standard InChI is InChI=1S/C22H25ClN4OS/c1-14-6-7-17(12-15(14)2)20(28)13-29-22-25-24-21(16(3)26(4)5)27(22)19-10-8-18(23)9-11-19/h6-12,16H,13H2,1-5H3/t16-/m1/s1. The molecule has 3 rings (SSSR count). The topological polar surface area (TPSA) is 51.0 Å². The van der Waals surface area contributed by atoms with Gasteiger partial charge in [-0.05, 0) is 76.3 Å². The molecule has 0 aliphatic rings. The molecule has 3 aromatic rings. The van der Waals surface area contributed by atoms with Gasteiger partial charge in [-0.2, -0.15) is 0 Å². The Labute approximate surface area is 181 Å². The number of rotatable bonds is 7. The van der Waals surface area contributed by atoms with E-state index in [4.69, 9.17) is 11.6 Å². The van der Waals surface area contributed by atoms with Crippen molar-refractivity contribution in [3.05, 3.63) is 70.0 Å². The van der Waals surface area contributed by atoms with E-state index in [2.05, 4.69) is 22.0 Å². The summed E-state index contributed by atoms with van der Waals surface area (Å²) in [6.07, 6.45) is 0. The first-order valence-electron chi connectivity index (χ1n) is 9.39. The van der Waals surface area contributed by atoms with Gasteiger partial charge in [0.1, 0.15) is 0 Å². The normalized spacial score (nSPS) is 12.4. The van der Waals surface area contributed by atoms with Crippen molar-refractivity contribution in [2.45, 2.75) is 32.0 Å². The summed E-state index contributed by atoms with van der Waals surface area (Å²) in [7, 11) is 4.00. The lowest BCUT2D eigenvalue weighted by Gasteiger charge is -2.20. The summed E-state index contributed by atoms with van der Waals surface area (Å²) in [4.78, 5) is 14.8. The molecule has 0 unspecified atom stereocenters. The fourth-order valence-corrected chi connectivity index (χ4v) is 3.82. The van der Waals surface area contributed by atoms with Crippen LogP contribution in [0.25, 0.3) is 5.69 Å². The smallest absolute Gasteiger partial charge is 0.196 e. The van der Waals surface area contributed by atoms with E-state index in [1.165, 1.54) is 17.3 Å². The summed E-state index contributed by atoms with van der Waals surface area (Å²) < 4.78 is 2.00. The first-order valence-corrected chi connectivity index (χ1v) is 10.7. The van der Waals surface area contributed by atoms with Crippen LogP contribution in [0.5, 0.6) is 0 Å². The quantitative estimate of drug-likeness (QED) is 0.385. The average Bonchev–Trinajstić information content (AvgIpc) is 3.11. The molecule has 2 aromatic carbocycles. The highest BCUT2D eigenvalue weighted by atomic mass is 35.5. The van der Waals surface area contributed by atoms with Gasteiger partial charge in [-0.25, -0.2) is 0 Å². The van der Waals surface area contributed by atoms with Gasteiger partial charge < -0.3 is 0 Å². The number of hydrogen-bond acceptors (Lipinski definition) is 5. The van der Waals surface area contributed by atoms with Crippen LogP contribution in [0.15, 0.2) is 47.6 Å². The highest BCUT2D eigenvalue weighted by Gasteiger charge is 2.21. The Kier molecular flexibility index (Phi) is 6.77. The SMILES string of the molecule is Cc1ccc(C(=O)CSc2nnc([C@@H](C)N(C)C)n2-c2ccc(Cl)cc2)cc1C. The Balaban J connectivity index is 1.89. The van der Waals surface area contributed by atoms with E-state index in [1.807, 2.05) is 75.0 Å². The summed E-state index contributed by atoms with van der Waals surface area (Å²) in [5.74, 6) is 1.19. The Bertz CT molecular complexity index is 1010. The van der Waals surface area contributed by atoms with Crippen LogP contribution in [0.4, 0.5) is 0 Å². The zero-order valence-electron chi connectivity index (χ0n) is 17.3. The lowest BCUT2D eigenvalue weighted by molar-refractivity contribution is 0.102. The molecule has 0 fully saturated rings. The molecular formula is C22H25ClN4OS. The molecule has 29 heavy (non-hydrogen) atoms. The van der Waals surface area contributed by atoms with Crippen LogP contribution in [0.1, 0.15) is 40.3 Å². The minimum Gasteiger partial charge on any atom is -0.300 e. The summed E-state index contributed by atoms with van der Waals surface area (Å²) in [6, 6.07) is 13.4. The largest absolute Gasteiger partial charge is 0.300 e. The Hall–Kier alpha value is -2.15. The maximum absolute atomic E-state index is 12.7. The van der Waals surface area contributed by atoms with Crippen LogP contribution in [-0.4, -0.2) is 45.3 Å². The zero-order chi connectivity index (χ0) is 21.1. The maximum Gasteiger partial charge on any atom is 0.196 e. The van der Waals surface area contributed by atoms with Crippen LogP contribution in [0, 0.1) is 13.8 Å². The molecule has 0 spiro atoms. The molecule has 0 N–H and O–H groups in total. The van der Waals surface area contributed by atoms with Crippen LogP contribution in [-0.2, 0) is 0 Å². The van der Waals surface area contributed by atoms with Crippen molar-refractivity contribution in [2.24, 2.45) is 0 Å². The highest BCUT2D eigenvalue weighted by Crippen LogP contribution is 2.28. The van der Waals surface area contributed by atoms with Crippen LogP contribution in [0.3, 0.4) is 0 Å². The maximum atomic E-state index is 12.7. The Morgan fingerprint density at radius 1 is 1.10 bits per heavy atom. The third kappa shape index (κ3) is 4.89. The van der Waals surface area contributed by atoms with Gasteiger partial charge >= 0.3 is 0 Å². The van der Waals surface area contributed by atoms with Crippen LogP contribution < -0.4 is 0 Å². The first kappa shape index (κ1) is 21.6. The molecule has 152 valence electrons. The number of carbonyl (C=O) groups excluding carboxylic acids is 1. The third-order valence-electron chi connectivity index (χ3n) is 5.05. The predicted molar refractivity (Wildman–Crippen MR) is 119 cm³/mol. The second-order valence-electron chi connectivity index (χ2n) is 7.30. The summed E-state index contributed by atoms with van der Waals surface area (Å²) >= 11 is 7.46. The van der Waals surface area contributed by atoms with Crippen LogP contribution >= 0.6 is 23.4 Å². The molecule has 5 nitrogen and oxygen atoms in total. The molecule has 0 saturated heterocycles. The monoisotopic (exact) mass is 428 g/mol. The molecule has 0 radical (unpaired) electrons. The molecule has 1 heterocycles. The average molecular weight is 429 g/mol. The van der Waals surface area contributed by atoms with Gasteiger partial charge in [0.2, 0.25) is 0 Å². The summed E-state index contributed by atoms with van der Waals surface area (Å²) in [5, 5.41) is 10.2. The van der Waals surface area contributed by atoms with Crippen molar-refractivity contribution >= 4 is 29.1 Å². The number of thioether (sulfide) groups is 1.